The van der Waals surface area contributed by atoms with Gasteiger partial charge in [-0.2, -0.15) is 0 Å². The van der Waals surface area contributed by atoms with Gasteiger partial charge in [-0.3, -0.25) is 4.79 Å². The minimum atomic E-state index is -1.21. The number of aromatic carboxylic acids is 1. The molecule has 2 rings (SSSR count). The van der Waals surface area contributed by atoms with Crippen molar-refractivity contribution in [1.29, 1.82) is 0 Å². The van der Waals surface area contributed by atoms with Crippen molar-refractivity contribution in [2.45, 2.75) is 26.7 Å². The van der Waals surface area contributed by atoms with E-state index >= 15 is 0 Å². The minimum Gasteiger partial charge on any atom is -0.508 e. The fourth-order valence-electron chi connectivity index (χ4n) is 2.05. The molecule has 0 saturated heterocycles. The summed E-state index contributed by atoms with van der Waals surface area (Å²) in [5.41, 5.74) is 1.76. The Kier molecular flexibility index (Phi) is 4.59. The van der Waals surface area contributed by atoms with Crippen molar-refractivity contribution in [3.63, 3.8) is 0 Å². The Morgan fingerprint density at radius 3 is 2.26 bits per heavy atom. The predicted molar refractivity (Wildman–Crippen MR) is 83.9 cm³/mol. The Bertz CT molecular complexity index is 755. The molecule has 0 fully saturated rings. The van der Waals surface area contributed by atoms with E-state index in [4.69, 9.17) is 5.11 Å². The number of hydrogen-bond acceptors (Lipinski definition) is 5. The van der Waals surface area contributed by atoms with E-state index in [0.717, 1.165) is 18.0 Å². The maximum absolute atomic E-state index is 12.2. The zero-order valence-corrected chi connectivity index (χ0v) is 13.0. The molecule has 120 valence electrons. The topological polar surface area (TPSA) is 112 Å². The first kappa shape index (κ1) is 16.4. The zero-order valence-electron chi connectivity index (χ0n) is 13.0. The first-order chi connectivity index (χ1) is 10.8. The molecule has 1 heterocycles. The van der Waals surface area contributed by atoms with Gasteiger partial charge in [0.15, 0.2) is 5.69 Å². The summed E-state index contributed by atoms with van der Waals surface area (Å²) in [4.78, 5) is 30.4. The maximum Gasteiger partial charge on any atom is 0.356 e. The standard InChI is InChI=1S/C16H17N3O4/c1-8(2)10-5-11(9(3)4-14(10)20)19-15(21)12-6-18-13(7-17-12)16(22)23/h4-8,20H,1-3H3,(H,19,21)(H,22,23). The average molecular weight is 315 g/mol. The normalized spacial score (nSPS) is 10.6. The number of phenolic OH excluding ortho intramolecular Hbond substituents is 1. The third kappa shape index (κ3) is 3.63. The van der Waals surface area contributed by atoms with Gasteiger partial charge in [0, 0.05) is 5.69 Å². The van der Waals surface area contributed by atoms with Gasteiger partial charge < -0.3 is 15.5 Å². The number of aromatic hydroxyl groups is 1. The van der Waals surface area contributed by atoms with Crippen molar-refractivity contribution in [2.24, 2.45) is 0 Å². The van der Waals surface area contributed by atoms with Crippen LogP contribution in [0.4, 0.5) is 5.69 Å². The third-order valence-corrected chi connectivity index (χ3v) is 3.35. The minimum absolute atomic E-state index is 0.00794. The van der Waals surface area contributed by atoms with E-state index < -0.39 is 11.9 Å². The number of amides is 1. The molecule has 23 heavy (non-hydrogen) atoms. The molecular formula is C16H17N3O4. The summed E-state index contributed by atoms with van der Waals surface area (Å²) in [6, 6.07) is 3.30. The maximum atomic E-state index is 12.2. The van der Waals surface area contributed by atoms with E-state index in [-0.39, 0.29) is 23.1 Å². The Hall–Kier alpha value is -2.96. The number of aromatic nitrogens is 2. The van der Waals surface area contributed by atoms with Gasteiger partial charge in [-0.15, -0.1) is 0 Å². The van der Waals surface area contributed by atoms with Crippen LogP contribution in [0, 0.1) is 6.92 Å². The number of benzene rings is 1. The quantitative estimate of drug-likeness (QED) is 0.747. The van der Waals surface area contributed by atoms with Gasteiger partial charge in [0.05, 0.1) is 12.4 Å². The summed E-state index contributed by atoms with van der Waals surface area (Å²) in [7, 11) is 0. The molecule has 1 aromatic carbocycles. The molecule has 0 bridgehead atoms. The van der Waals surface area contributed by atoms with Crippen molar-refractivity contribution >= 4 is 17.6 Å². The first-order valence-corrected chi connectivity index (χ1v) is 6.99. The van der Waals surface area contributed by atoms with Gasteiger partial charge in [0.25, 0.3) is 5.91 Å². The van der Waals surface area contributed by atoms with Gasteiger partial charge in [-0.25, -0.2) is 14.8 Å². The number of carbonyl (C=O) groups excluding carboxylic acids is 1. The lowest BCUT2D eigenvalue weighted by atomic mass is 9.99. The summed E-state index contributed by atoms with van der Waals surface area (Å²) in [5, 5.41) is 21.4. The molecule has 0 aliphatic rings. The number of carboxylic acid groups (broad SMARTS) is 1. The number of hydrogen-bond donors (Lipinski definition) is 3. The fourth-order valence-corrected chi connectivity index (χ4v) is 2.05. The van der Waals surface area contributed by atoms with Crippen LogP contribution in [0.2, 0.25) is 0 Å². The molecule has 1 aromatic heterocycles. The van der Waals surface area contributed by atoms with Crippen molar-refractivity contribution in [2.75, 3.05) is 5.32 Å². The second-order valence-corrected chi connectivity index (χ2v) is 5.43. The highest BCUT2D eigenvalue weighted by molar-refractivity contribution is 6.03. The monoisotopic (exact) mass is 315 g/mol. The first-order valence-electron chi connectivity index (χ1n) is 6.99. The fraction of sp³-hybridized carbons (Fsp3) is 0.250. The lowest BCUT2D eigenvalue weighted by Gasteiger charge is -2.14. The number of carboxylic acids is 1. The van der Waals surface area contributed by atoms with Crippen LogP contribution in [-0.2, 0) is 0 Å². The van der Waals surface area contributed by atoms with E-state index in [1.165, 1.54) is 0 Å². The molecule has 2 aromatic rings. The van der Waals surface area contributed by atoms with Crippen molar-refractivity contribution in [1.82, 2.24) is 9.97 Å². The van der Waals surface area contributed by atoms with Crippen LogP contribution in [0.15, 0.2) is 24.5 Å². The average Bonchev–Trinajstić information content (AvgIpc) is 2.49. The molecule has 0 aliphatic carbocycles. The number of carbonyl (C=O) groups is 2. The smallest absolute Gasteiger partial charge is 0.356 e. The SMILES string of the molecule is Cc1cc(O)c(C(C)C)cc1NC(=O)c1cnc(C(=O)O)cn1. The highest BCUT2D eigenvalue weighted by Crippen LogP contribution is 2.31. The Balaban J connectivity index is 2.26. The zero-order chi connectivity index (χ0) is 17.1. The largest absolute Gasteiger partial charge is 0.508 e. The number of rotatable bonds is 4. The van der Waals surface area contributed by atoms with Gasteiger partial charge >= 0.3 is 5.97 Å². The van der Waals surface area contributed by atoms with Crippen LogP contribution in [0.3, 0.4) is 0 Å². The van der Waals surface area contributed by atoms with Gasteiger partial charge in [-0.1, -0.05) is 13.8 Å². The van der Waals surface area contributed by atoms with Crippen molar-refractivity contribution in [3.8, 4) is 5.75 Å². The molecule has 3 N–H and O–H groups in total. The molecule has 0 radical (unpaired) electrons. The summed E-state index contributed by atoms with van der Waals surface area (Å²) in [6.07, 6.45) is 2.14. The van der Waals surface area contributed by atoms with E-state index in [9.17, 15) is 14.7 Å². The second kappa shape index (κ2) is 6.43. The Morgan fingerprint density at radius 2 is 1.74 bits per heavy atom. The van der Waals surface area contributed by atoms with E-state index in [1.54, 1.807) is 19.1 Å². The molecule has 7 nitrogen and oxygen atoms in total. The van der Waals surface area contributed by atoms with E-state index in [1.807, 2.05) is 13.8 Å². The van der Waals surface area contributed by atoms with Crippen molar-refractivity contribution in [3.05, 3.63) is 47.0 Å². The van der Waals surface area contributed by atoms with Crippen molar-refractivity contribution < 1.29 is 19.8 Å². The van der Waals surface area contributed by atoms with E-state index in [2.05, 4.69) is 15.3 Å². The summed E-state index contributed by atoms with van der Waals surface area (Å²) < 4.78 is 0. The molecule has 0 atom stereocenters. The van der Waals surface area contributed by atoms with Crippen LogP contribution in [0.1, 0.15) is 51.9 Å². The van der Waals surface area contributed by atoms with Crippen LogP contribution in [0.5, 0.6) is 5.75 Å². The lowest BCUT2D eigenvalue weighted by Crippen LogP contribution is -2.16. The van der Waals surface area contributed by atoms with Crippen LogP contribution < -0.4 is 5.32 Å². The molecule has 1 amide bonds. The van der Waals surface area contributed by atoms with Gasteiger partial charge in [-0.05, 0) is 36.1 Å². The Labute approximate surface area is 133 Å². The number of nitrogens with one attached hydrogen (secondary N) is 1. The highest BCUT2D eigenvalue weighted by Gasteiger charge is 2.15. The second-order valence-electron chi connectivity index (χ2n) is 5.43. The molecule has 0 saturated carbocycles. The molecule has 0 spiro atoms. The number of aryl methyl sites for hydroxylation is 1. The number of phenols is 1. The van der Waals surface area contributed by atoms with Crippen LogP contribution in [-0.4, -0.2) is 32.1 Å². The number of nitrogens with zero attached hydrogens (tertiary/aromatic N) is 2. The van der Waals surface area contributed by atoms with E-state index in [0.29, 0.717) is 11.3 Å². The molecular weight excluding hydrogens is 298 g/mol. The lowest BCUT2D eigenvalue weighted by molar-refractivity contribution is 0.0689. The molecule has 7 heteroatoms. The summed E-state index contributed by atoms with van der Waals surface area (Å²) in [6.45, 7) is 5.64. The Morgan fingerprint density at radius 1 is 1.13 bits per heavy atom. The third-order valence-electron chi connectivity index (χ3n) is 3.35. The highest BCUT2D eigenvalue weighted by atomic mass is 16.4. The van der Waals surface area contributed by atoms with Crippen LogP contribution >= 0.6 is 0 Å². The number of anilines is 1. The molecule has 0 aliphatic heterocycles. The summed E-state index contributed by atoms with van der Waals surface area (Å²) >= 11 is 0. The predicted octanol–water partition coefficient (Wildman–Crippen LogP) is 2.56. The van der Waals surface area contributed by atoms with Gasteiger partial charge in [0.1, 0.15) is 11.4 Å². The van der Waals surface area contributed by atoms with Crippen LogP contribution in [0.25, 0.3) is 0 Å². The van der Waals surface area contributed by atoms with Gasteiger partial charge in [0.2, 0.25) is 0 Å². The molecule has 0 unspecified atom stereocenters. The summed E-state index contributed by atoms with van der Waals surface area (Å²) in [5.74, 6) is -1.43.